The predicted octanol–water partition coefficient (Wildman–Crippen LogP) is 2.35. The second kappa shape index (κ2) is 5.46. The van der Waals surface area contributed by atoms with Gasteiger partial charge in [-0.25, -0.2) is 30.0 Å². The monoisotopic (exact) mass is 332 g/mol. The molecule has 3 aromatic rings. The van der Waals surface area contributed by atoms with Crippen molar-refractivity contribution in [3.05, 3.63) is 64.0 Å². The van der Waals surface area contributed by atoms with Crippen molar-refractivity contribution in [1.82, 2.24) is 19.9 Å². The highest BCUT2D eigenvalue weighted by molar-refractivity contribution is 6.02. The molecule has 0 aliphatic heterocycles. The van der Waals surface area contributed by atoms with Crippen LogP contribution in [0.5, 0.6) is 0 Å². The number of fused-ring (bicyclic) bond motifs is 4. The number of hydrogen-bond donors (Lipinski definition) is 0. The van der Waals surface area contributed by atoms with Gasteiger partial charge in [-0.2, -0.15) is 10.5 Å². The highest BCUT2D eigenvalue weighted by Crippen LogP contribution is 2.44. The van der Waals surface area contributed by atoms with Crippen molar-refractivity contribution in [2.45, 2.75) is 0 Å². The summed E-state index contributed by atoms with van der Waals surface area (Å²) in [6, 6.07) is 12.7. The van der Waals surface area contributed by atoms with E-state index in [0.29, 0.717) is 28.1 Å². The molecule has 0 unspecified atom stereocenters. The maximum atomic E-state index is 9.32. The van der Waals surface area contributed by atoms with E-state index in [2.05, 4.69) is 24.8 Å². The molecule has 1 aromatic carbocycles. The molecule has 8 heteroatoms. The molecule has 1 aliphatic rings. The Morgan fingerprint density at radius 2 is 1.42 bits per heavy atom. The second-order valence-corrected chi connectivity index (χ2v) is 5.21. The Balaban J connectivity index is 2.16. The smallest absolute Gasteiger partial charge is 0.226 e. The Kier molecular flexibility index (Phi) is 3.13. The number of allylic oxidation sites excluding steroid dienone is 1. The van der Waals surface area contributed by atoms with Gasteiger partial charge in [-0.3, -0.25) is 0 Å². The first-order valence-electron chi connectivity index (χ1n) is 7.23. The molecule has 116 valence electrons. The van der Waals surface area contributed by atoms with E-state index >= 15 is 0 Å². The largest absolute Gasteiger partial charge is 0.271 e. The van der Waals surface area contributed by atoms with Crippen molar-refractivity contribution in [3.8, 4) is 29.5 Å². The van der Waals surface area contributed by atoms with Gasteiger partial charge in [0.2, 0.25) is 0 Å². The zero-order valence-electron chi connectivity index (χ0n) is 12.9. The topological polar surface area (TPSA) is 127 Å². The fourth-order valence-electron chi connectivity index (χ4n) is 2.82. The van der Waals surface area contributed by atoms with E-state index in [-0.39, 0.29) is 28.4 Å². The van der Waals surface area contributed by atoms with Crippen LogP contribution >= 0.6 is 0 Å². The van der Waals surface area contributed by atoms with Crippen LogP contribution < -0.4 is 0 Å². The number of nitrogens with zero attached hydrogens (tertiary/aromatic N) is 8. The Hall–Kier alpha value is -4.66. The van der Waals surface area contributed by atoms with Crippen LogP contribution in [-0.4, -0.2) is 19.9 Å². The lowest BCUT2D eigenvalue weighted by Crippen LogP contribution is -2.02. The maximum Gasteiger partial charge on any atom is 0.271 e. The molecular formula is C18H4N8. The molecule has 0 N–H and O–H groups in total. The minimum atomic E-state index is -0.152. The quantitative estimate of drug-likeness (QED) is 0.357. The number of rotatable bonds is 0. The Labute approximate surface area is 146 Å². The molecule has 2 heterocycles. The molecule has 26 heavy (non-hydrogen) atoms. The van der Waals surface area contributed by atoms with Crippen LogP contribution in [0.4, 0.5) is 0 Å². The highest BCUT2D eigenvalue weighted by Gasteiger charge is 2.30. The van der Waals surface area contributed by atoms with Gasteiger partial charge >= 0.3 is 0 Å². The average molecular weight is 332 g/mol. The lowest BCUT2D eigenvalue weighted by molar-refractivity contribution is 1.11. The summed E-state index contributed by atoms with van der Waals surface area (Å²) in [6.45, 7) is 7.28. The molecule has 0 bridgehead atoms. The normalized spacial score (nSPS) is 12.9. The molecule has 2 aromatic heterocycles. The van der Waals surface area contributed by atoms with Crippen LogP contribution in [0.2, 0.25) is 0 Å². The molecular weight excluding hydrogens is 328 g/mol. The summed E-state index contributed by atoms with van der Waals surface area (Å²) in [5, 5.41) is 27.6. The summed E-state index contributed by atoms with van der Waals surface area (Å²) >= 11 is 0. The van der Waals surface area contributed by atoms with E-state index in [0.717, 1.165) is 0 Å². The summed E-state index contributed by atoms with van der Waals surface area (Å²) in [7, 11) is 0. The van der Waals surface area contributed by atoms with Gasteiger partial charge < -0.3 is 0 Å². The molecule has 0 amide bonds. The van der Waals surface area contributed by atoms with Crippen LogP contribution in [0, 0.1) is 40.6 Å². The van der Waals surface area contributed by atoms with Gasteiger partial charge in [-0.1, -0.05) is 24.3 Å². The van der Waals surface area contributed by atoms with Crippen LogP contribution in [0.3, 0.4) is 0 Å². The van der Waals surface area contributed by atoms with Crippen molar-refractivity contribution in [2.24, 2.45) is 0 Å². The maximum absolute atomic E-state index is 9.32. The highest BCUT2D eigenvalue weighted by atomic mass is 15.0. The Morgan fingerprint density at radius 1 is 0.846 bits per heavy atom. The van der Waals surface area contributed by atoms with Crippen LogP contribution in [0.25, 0.3) is 33.0 Å². The minimum absolute atomic E-state index is 0.0758. The molecule has 0 radical (unpaired) electrons. The zero-order chi connectivity index (χ0) is 18.3. The van der Waals surface area contributed by atoms with Crippen molar-refractivity contribution in [1.29, 1.82) is 15.8 Å². The zero-order valence-corrected chi connectivity index (χ0v) is 12.9. The van der Waals surface area contributed by atoms with Gasteiger partial charge in [0, 0.05) is 11.1 Å². The summed E-state index contributed by atoms with van der Waals surface area (Å²) in [4.78, 5) is 20.3. The van der Waals surface area contributed by atoms with Crippen molar-refractivity contribution in [3.63, 3.8) is 0 Å². The van der Waals surface area contributed by atoms with E-state index in [1.807, 2.05) is 24.3 Å². The van der Waals surface area contributed by atoms with E-state index < -0.39 is 0 Å². The van der Waals surface area contributed by atoms with Crippen molar-refractivity contribution >= 4 is 16.9 Å². The molecule has 4 rings (SSSR count). The summed E-state index contributed by atoms with van der Waals surface area (Å²) in [5.41, 5.74) is 2.38. The lowest BCUT2D eigenvalue weighted by atomic mass is 10.0. The fourth-order valence-corrected chi connectivity index (χ4v) is 2.82. The standard InChI is InChI=1S/C18H4N8/c1-22-13(8-21)14-9-4-2-3-5-10(9)15-16(14)26-18-17(25-15)23-11(6-19)12(7-20)24-18/h2-5H. The van der Waals surface area contributed by atoms with Crippen LogP contribution in [0.15, 0.2) is 30.0 Å². The van der Waals surface area contributed by atoms with E-state index in [1.165, 1.54) is 0 Å². The third-order valence-corrected chi connectivity index (χ3v) is 3.87. The first-order chi connectivity index (χ1) is 12.7. The summed E-state index contributed by atoms with van der Waals surface area (Å²) in [5.74, 6) is 0. The second-order valence-electron chi connectivity index (χ2n) is 5.21. The first-order valence-corrected chi connectivity index (χ1v) is 7.23. The molecule has 1 aliphatic carbocycles. The fraction of sp³-hybridized carbons (Fsp3) is 0. The van der Waals surface area contributed by atoms with Crippen molar-refractivity contribution in [2.75, 3.05) is 0 Å². The molecule has 0 saturated heterocycles. The number of aromatic nitrogens is 4. The molecule has 0 atom stereocenters. The van der Waals surface area contributed by atoms with Gasteiger partial charge in [0.25, 0.3) is 5.70 Å². The SMILES string of the molecule is [C-]#[N+]C(C#N)=C1c2ccccc2-c2nc3nc(C#N)c(C#N)nc3nc21. The Morgan fingerprint density at radius 3 is 1.96 bits per heavy atom. The van der Waals surface area contributed by atoms with Gasteiger partial charge in [0.1, 0.15) is 12.1 Å². The molecule has 0 saturated carbocycles. The third-order valence-electron chi connectivity index (χ3n) is 3.87. The molecule has 0 spiro atoms. The van der Waals surface area contributed by atoms with Gasteiger partial charge in [0.05, 0.1) is 24.0 Å². The van der Waals surface area contributed by atoms with Gasteiger partial charge in [-0.05, 0) is 5.56 Å². The lowest BCUT2D eigenvalue weighted by Gasteiger charge is -2.03. The van der Waals surface area contributed by atoms with E-state index in [4.69, 9.17) is 17.1 Å². The third kappa shape index (κ3) is 1.91. The van der Waals surface area contributed by atoms with Crippen molar-refractivity contribution < 1.29 is 0 Å². The molecule has 8 nitrogen and oxygen atoms in total. The molecule has 0 fully saturated rings. The summed E-state index contributed by atoms with van der Waals surface area (Å²) in [6.07, 6.45) is 0. The average Bonchev–Trinajstić information content (AvgIpc) is 3.00. The Bertz CT molecular complexity index is 1310. The van der Waals surface area contributed by atoms with E-state index in [9.17, 15) is 5.26 Å². The predicted molar refractivity (Wildman–Crippen MR) is 88.2 cm³/mol. The number of nitriles is 3. The minimum Gasteiger partial charge on any atom is -0.226 e. The van der Waals surface area contributed by atoms with Gasteiger partial charge in [0.15, 0.2) is 22.7 Å². The first kappa shape index (κ1) is 14.9. The van der Waals surface area contributed by atoms with Crippen LogP contribution in [-0.2, 0) is 0 Å². The van der Waals surface area contributed by atoms with E-state index in [1.54, 1.807) is 18.2 Å². The summed E-state index contributed by atoms with van der Waals surface area (Å²) < 4.78 is 0. The van der Waals surface area contributed by atoms with Gasteiger partial charge in [-0.15, -0.1) is 0 Å². The van der Waals surface area contributed by atoms with Crippen LogP contribution in [0.1, 0.15) is 22.6 Å². The number of hydrogen-bond acceptors (Lipinski definition) is 7. The number of benzene rings is 1.